The number of rotatable bonds is 1. The summed E-state index contributed by atoms with van der Waals surface area (Å²) < 4.78 is 0. The Morgan fingerprint density at radius 2 is 2.07 bits per heavy atom. The average Bonchev–Trinajstić information content (AvgIpc) is 2.77. The number of fused-ring (bicyclic) bond motifs is 1. The number of hydrogen-bond acceptors (Lipinski definition) is 4. The molecule has 1 aliphatic rings. The van der Waals surface area contributed by atoms with Crippen LogP contribution < -0.4 is 5.32 Å². The molecule has 0 unspecified atom stereocenters. The lowest BCUT2D eigenvalue weighted by molar-refractivity contribution is 1.09. The highest BCUT2D eigenvalue weighted by Crippen LogP contribution is 2.22. The van der Waals surface area contributed by atoms with Gasteiger partial charge in [-0.15, -0.1) is 0 Å². The van der Waals surface area contributed by atoms with Gasteiger partial charge >= 0.3 is 0 Å². The van der Waals surface area contributed by atoms with Crippen molar-refractivity contribution in [2.45, 2.75) is 6.42 Å². The summed E-state index contributed by atoms with van der Waals surface area (Å²) in [7, 11) is 0. The summed E-state index contributed by atoms with van der Waals surface area (Å²) in [5.41, 5.74) is 2.20. The highest BCUT2D eigenvalue weighted by Gasteiger charge is 2.12. The zero-order chi connectivity index (χ0) is 10.1. The van der Waals surface area contributed by atoms with Gasteiger partial charge in [0.2, 0.25) is 0 Å². The van der Waals surface area contributed by atoms with Gasteiger partial charge in [0.15, 0.2) is 5.82 Å². The van der Waals surface area contributed by atoms with Crippen molar-refractivity contribution in [3.05, 3.63) is 36.3 Å². The topological polar surface area (TPSA) is 50.7 Å². The van der Waals surface area contributed by atoms with Crippen molar-refractivity contribution >= 4 is 5.82 Å². The van der Waals surface area contributed by atoms with Crippen LogP contribution in [0.25, 0.3) is 11.4 Å². The van der Waals surface area contributed by atoms with E-state index in [1.54, 1.807) is 12.4 Å². The molecule has 0 spiro atoms. The van der Waals surface area contributed by atoms with E-state index in [0.717, 1.165) is 30.2 Å². The van der Waals surface area contributed by atoms with Gasteiger partial charge in [0.1, 0.15) is 5.82 Å². The molecule has 3 heterocycles. The normalized spacial score (nSPS) is 13.3. The van der Waals surface area contributed by atoms with Crippen LogP contribution in [0.4, 0.5) is 5.82 Å². The first-order valence-corrected chi connectivity index (χ1v) is 4.94. The smallest absolute Gasteiger partial charge is 0.161 e. The molecule has 74 valence electrons. The van der Waals surface area contributed by atoms with Crippen LogP contribution in [0.3, 0.4) is 0 Å². The molecular formula is C11H10N4. The number of nitrogens with one attached hydrogen (secondary N) is 1. The molecule has 0 radical (unpaired) electrons. The van der Waals surface area contributed by atoms with Gasteiger partial charge in [0.25, 0.3) is 0 Å². The highest BCUT2D eigenvalue weighted by molar-refractivity contribution is 5.59. The number of nitrogens with zero attached hydrogens (tertiary/aromatic N) is 3. The van der Waals surface area contributed by atoms with Gasteiger partial charge in [0.05, 0.1) is 0 Å². The lowest BCUT2D eigenvalue weighted by atomic mass is 10.2. The van der Waals surface area contributed by atoms with Gasteiger partial charge < -0.3 is 5.32 Å². The minimum atomic E-state index is 0.755. The summed E-state index contributed by atoms with van der Waals surface area (Å²) in [6.07, 6.45) is 6.42. The van der Waals surface area contributed by atoms with E-state index in [2.05, 4.69) is 20.3 Å². The highest BCUT2D eigenvalue weighted by atomic mass is 15.0. The summed E-state index contributed by atoms with van der Waals surface area (Å²) >= 11 is 0. The van der Waals surface area contributed by atoms with Gasteiger partial charge in [-0.25, -0.2) is 9.97 Å². The Morgan fingerprint density at radius 1 is 1.20 bits per heavy atom. The van der Waals surface area contributed by atoms with E-state index >= 15 is 0 Å². The lowest BCUT2D eigenvalue weighted by Gasteiger charge is -2.02. The minimum absolute atomic E-state index is 0.755. The molecule has 0 aliphatic carbocycles. The molecule has 15 heavy (non-hydrogen) atoms. The van der Waals surface area contributed by atoms with Gasteiger partial charge in [-0.3, -0.25) is 4.98 Å². The van der Waals surface area contributed by atoms with Crippen molar-refractivity contribution in [2.75, 3.05) is 11.9 Å². The monoisotopic (exact) mass is 198 g/mol. The van der Waals surface area contributed by atoms with Gasteiger partial charge in [-0.2, -0.15) is 0 Å². The van der Waals surface area contributed by atoms with E-state index in [9.17, 15) is 0 Å². The summed E-state index contributed by atoms with van der Waals surface area (Å²) in [6, 6.07) is 3.83. The maximum Gasteiger partial charge on any atom is 0.161 e. The predicted molar refractivity (Wildman–Crippen MR) is 57.5 cm³/mol. The van der Waals surface area contributed by atoms with E-state index in [0.29, 0.717) is 0 Å². The van der Waals surface area contributed by atoms with Crippen molar-refractivity contribution in [3.8, 4) is 11.4 Å². The summed E-state index contributed by atoms with van der Waals surface area (Å²) in [5, 5.41) is 3.24. The molecule has 1 N–H and O–H groups in total. The molecule has 3 rings (SSSR count). The van der Waals surface area contributed by atoms with E-state index < -0.39 is 0 Å². The lowest BCUT2D eigenvalue weighted by Crippen LogP contribution is -1.95. The molecule has 0 atom stereocenters. The Labute approximate surface area is 87.4 Å². The molecule has 0 aromatic carbocycles. The molecule has 0 bridgehead atoms. The first-order chi connectivity index (χ1) is 7.43. The maximum absolute atomic E-state index is 4.47. The zero-order valence-corrected chi connectivity index (χ0v) is 8.14. The van der Waals surface area contributed by atoms with Gasteiger partial charge in [0, 0.05) is 36.3 Å². The average molecular weight is 198 g/mol. The molecule has 0 saturated heterocycles. The van der Waals surface area contributed by atoms with E-state index in [4.69, 9.17) is 0 Å². The number of hydrogen-bond donors (Lipinski definition) is 1. The second-order valence-corrected chi connectivity index (χ2v) is 3.48. The summed E-state index contributed by atoms with van der Waals surface area (Å²) in [5.74, 6) is 1.72. The van der Waals surface area contributed by atoms with Crippen LogP contribution in [0.5, 0.6) is 0 Å². The maximum atomic E-state index is 4.47. The van der Waals surface area contributed by atoms with Crippen LogP contribution in [-0.2, 0) is 6.42 Å². The quantitative estimate of drug-likeness (QED) is 0.754. The van der Waals surface area contributed by atoms with E-state index in [1.807, 2.05) is 18.3 Å². The molecule has 4 nitrogen and oxygen atoms in total. The minimum Gasteiger partial charge on any atom is -0.369 e. The summed E-state index contributed by atoms with van der Waals surface area (Å²) in [4.78, 5) is 12.8. The standard InChI is InChI=1S/C11H10N4/c1-4-12-5-2-8(1)10-14-7-9-3-6-13-11(9)15-10/h1-2,4-5,7H,3,6H2,(H,13,14,15). The Balaban J connectivity index is 2.07. The van der Waals surface area contributed by atoms with Gasteiger partial charge in [-0.1, -0.05) is 0 Å². The van der Waals surface area contributed by atoms with Crippen molar-refractivity contribution in [1.82, 2.24) is 15.0 Å². The van der Waals surface area contributed by atoms with Crippen molar-refractivity contribution in [1.29, 1.82) is 0 Å². The second kappa shape index (κ2) is 3.31. The van der Waals surface area contributed by atoms with Gasteiger partial charge in [-0.05, 0) is 18.6 Å². The van der Waals surface area contributed by atoms with Crippen LogP contribution in [0, 0.1) is 0 Å². The van der Waals surface area contributed by atoms with Crippen LogP contribution in [0.2, 0.25) is 0 Å². The molecule has 0 fully saturated rings. The Bertz CT molecular complexity index is 481. The Kier molecular flexibility index (Phi) is 1.84. The first-order valence-electron chi connectivity index (χ1n) is 4.94. The molecule has 0 saturated carbocycles. The summed E-state index contributed by atoms with van der Waals surface area (Å²) in [6.45, 7) is 0.962. The number of aromatic nitrogens is 3. The third kappa shape index (κ3) is 1.44. The fourth-order valence-corrected chi connectivity index (χ4v) is 1.70. The first kappa shape index (κ1) is 8.35. The Morgan fingerprint density at radius 3 is 2.93 bits per heavy atom. The van der Waals surface area contributed by atoms with E-state index in [-0.39, 0.29) is 0 Å². The largest absolute Gasteiger partial charge is 0.369 e. The number of anilines is 1. The second-order valence-electron chi connectivity index (χ2n) is 3.48. The number of pyridine rings is 1. The molecular weight excluding hydrogens is 188 g/mol. The molecule has 2 aromatic rings. The van der Waals surface area contributed by atoms with E-state index in [1.165, 1.54) is 5.56 Å². The third-order valence-corrected chi connectivity index (χ3v) is 2.49. The van der Waals surface area contributed by atoms with Crippen molar-refractivity contribution in [3.63, 3.8) is 0 Å². The molecule has 0 amide bonds. The van der Waals surface area contributed by atoms with Crippen LogP contribution in [0.1, 0.15) is 5.56 Å². The SMILES string of the molecule is c1cc(-c2ncc3c(n2)NCC3)ccn1. The fraction of sp³-hybridized carbons (Fsp3) is 0.182. The van der Waals surface area contributed by atoms with Crippen molar-refractivity contribution < 1.29 is 0 Å². The van der Waals surface area contributed by atoms with Crippen LogP contribution >= 0.6 is 0 Å². The van der Waals surface area contributed by atoms with Crippen LogP contribution in [0.15, 0.2) is 30.7 Å². The predicted octanol–water partition coefficient (Wildman–Crippen LogP) is 1.51. The molecule has 2 aromatic heterocycles. The van der Waals surface area contributed by atoms with Crippen molar-refractivity contribution in [2.24, 2.45) is 0 Å². The molecule has 4 heteroatoms. The zero-order valence-electron chi connectivity index (χ0n) is 8.14. The Hall–Kier alpha value is -1.97. The molecule has 1 aliphatic heterocycles. The third-order valence-electron chi connectivity index (χ3n) is 2.49. The van der Waals surface area contributed by atoms with Crippen LogP contribution in [-0.4, -0.2) is 21.5 Å². The fourth-order valence-electron chi connectivity index (χ4n) is 1.70.